The van der Waals surface area contributed by atoms with E-state index in [0.29, 0.717) is 11.5 Å². The maximum atomic E-state index is 12.9. The van der Waals surface area contributed by atoms with Gasteiger partial charge in [0.2, 0.25) is 5.91 Å². The first-order chi connectivity index (χ1) is 13.9. The highest BCUT2D eigenvalue weighted by Gasteiger charge is 2.59. The van der Waals surface area contributed by atoms with Crippen molar-refractivity contribution < 1.29 is 4.79 Å². The molecule has 1 aromatic rings. The lowest BCUT2D eigenvalue weighted by molar-refractivity contribution is -0.139. The molecule has 0 spiro atoms. The van der Waals surface area contributed by atoms with E-state index in [9.17, 15) is 4.79 Å². The first-order valence-corrected chi connectivity index (χ1v) is 12.0. The Morgan fingerprint density at radius 1 is 0.966 bits per heavy atom. The summed E-state index contributed by atoms with van der Waals surface area (Å²) in [7, 11) is 2.05. The van der Waals surface area contributed by atoms with Crippen molar-refractivity contribution in [2.75, 3.05) is 7.05 Å². The van der Waals surface area contributed by atoms with Gasteiger partial charge in [0.1, 0.15) is 0 Å². The van der Waals surface area contributed by atoms with Gasteiger partial charge in [-0.05, 0) is 80.1 Å². The van der Waals surface area contributed by atoms with Crippen LogP contribution in [0, 0.1) is 28.6 Å². The number of rotatable bonds is 3. The first-order valence-electron chi connectivity index (χ1n) is 12.0. The van der Waals surface area contributed by atoms with E-state index in [4.69, 9.17) is 0 Å². The van der Waals surface area contributed by atoms with Crippen LogP contribution < -0.4 is 0 Å². The second-order valence-electron chi connectivity index (χ2n) is 10.9. The number of fused-ring (bicyclic) bond motifs is 5. The van der Waals surface area contributed by atoms with Crippen LogP contribution in [0.2, 0.25) is 0 Å². The summed E-state index contributed by atoms with van der Waals surface area (Å²) < 4.78 is 0. The monoisotopic (exact) mass is 391 g/mol. The van der Waals surface area contributed by atoms with E-state index in [-0.39, 0.29) is 11.3 Å². The SMILES string of the molecule is CN1C(=O)C=C(CCc2ccccc2)[C@@]2(C)C1CC[C@@H]1[C@H]2CC[C@]2(C)CCC[C@@H]12. The van der Waals surface area contributed by atoms with Gasteiger partial charge in [0.15, 0.2) is 0 Å². The average Bonchev–Trinajstić information content (AvgIpc) is 3.12. The molecule has 0 aromatic heterocycles. The van der Waals surface area contributed by atoms with Gasteiger partial charge < -0.3 is 4.90 Å². The molecule has 0 radical (unpaired) electrons. The summed E-state index contributed by atoms with van der Waals surface area (Å²) >= 11 is 0. The van der Waals surface area contributed by atoms with E-state index in [0.717, 1.165) is 30.6 Å². The highest BCUT2D eigenvalue weighted by molar-refractivity contribution is 5.90. The number of nitrogens with zero attached hydrogens (tertiary/aromatic N) is 1. The van der Waals surface area contributed by atoms with Crippen LogP contribution in [0.5, 0.6) is 0 Å². The lowest BCUT2D eigenvalue weighted by atomic mass is 9.46. The van der Waals surface area contributed by atoms with Crippen molar-refractivity contribution in [2.24, 2.45) is 28.6 Å². The fourth-order valence-corrected chi connectivity index (χ4v) is 8.20. The Morgan fingerprint density at radius 3 is 2.55 bits per heavy atom. The van der Waals surface area contributed by atoms with Gasteiger partial charge in [-0.1, -0.05) is 56.2 Å². The van der Waals surface area contributed by atoms with Crippen molar-refractivity contribution in [3.63, 3.8) is 0 Å². The molecule has 1 heterocycles. The Labute approximate surface area is 176 Å². The predicted octanol–water partition coefficient (Wildman–Crippen LogP) is 6.02. The van der Waals surface area contributed by atoms with Crippen LogP contribution in [0.25, 0.3) is 0 Å². The van der Waals surface area contributed by atoms with Crippen LogP contribution in [-0.4, -0.2) is 23.9 Å². The van der Waals surface area contributed by atoms with Gasteiger partial charge in [0.05, 0.1) is 0 Å². The lowest BCUT2D eigenvalue weighted by Gasteiger charge is -2.61. The molecule has 29 heavy (non-hydrogen) atoms. The van der Waals surface area contributed by atoms with E-state index >= 15 is 0 Å². The Hall–Kier alpha value is -1.57. The number of carbonyl (C=O) groups excluding carboxylic acids is 1. The number of amides is 1. The third kappa shape index (κ3) is 2.93. The van der Waals surface area contributed by atoms with Gasteiger partial charge in [-0.2, -0.15) is 0 Å². The molecule has 3 fully saturated rings. The van der Waals surface area contributed by atoms with Gasteiger partial charge in [0.25, 0.3) is 0 Å². The largest absolute Gasteiger partial charge is 0.338 e. The van der Waals surface area contributed by atoms with Crippen LogP contribution >= 0.6 is 0 Å². The molecular weight excluding hydrogens is 354 g/mol. The summed E-state index contributed by atoms with van der Waals surface area (Å²) in [5, 5.41) is 0. The quantitative estimate of drug-likeness (QED) is 0.617. The predicted molar refractivity (Wildman–Crippen MR) is 118 cm³/mol. The first kappa shape index (κ1) is 19.4. The van der Waals surface area contributed by atoms with Crippen molar-refractivity contribution in [2.45, 2.75) is 77.7 Å². The molecule has 6 atom stereocenters. The van der Waals surface area contributed by atoms with Crippen molar-refractivity contribution in [3.8, 4) is 0 Å². The highest BCUT2D eigenvalue weighted by Crippen LogP contribution is 2.65. The van der Waals surface area contributed by atoms with Gasteiger partial charge in [-0.15, -0.1) is 0 Å². The summed E-state index contributed by atoms with van der Waals surface area (Å²) in [6.45, 7) is 5.11. The summed E-state index contributed by atoms with van der Waals surface area (Å²) in [5.41, 5.74) is 3.59. The molecular formula is C27H37NO. The fraction of sp³-hybridized carbons (Fsp3) is 0.667. The normalized spacial score (nSPS) is 41.4. The molecule has 3 saturated carbocycles. The summed E-state index contributed by atoms with van der Waals surface area (Å²) in [5.74, 6) is 2.75. The molecule has 2 nitrogen and oxygen atoms in total. The van der Waals surface area contributed by atoms with Gasteiger partial charge in [-0.25, -0.2) is 0 Å². The lowest BCUT2D eigenvalue weighted by Crippen LogP contribution is -2.61. The van der Waals surface area contributed by atoms with Gasteiger partial charge in [0, 0.05) is 24.6 Å². The molecule has 1 unspecified atom stereocenters. The summed E-state index contributed by atoms with van der Waals surface area (Å²) in [6.07, 6.45) is 13.7. The van der Waals surface area contributed by atoms with E-state index < -0.39 is 0 Å². The van der Waals surface area contributed by atoms with Crippen molar-refractivity contribution in [1.29, 1.82) is 0 Å². The van der Waals surface area contributed by atoms with E-state index in [1.54, 1.807) is 0 Å². The maximum Gasteiger partial charge on any atom is 0.246 e. The number of benzene rings is 1. The molecule has 1 amide bonds. The minimum atomic E-state index is 0.157. The smallest absolute Gasteiger partial charge is 0.246 e. The van der Waals surface area contributed by atoms with Crippen LogP contribution in [0.4, 0.5) is 0 Å². The number of hydrogen-bond acceptors (Lipinski definition) is 1. The van der Waals surface area contributed by atoms with Crippen LogP contribution in [0.1, 0.15) is 70.8 Å². The zero-order valence-electron chi connectivity index (χ0n) is 18.5. The Kier molecular flexibility index (Phi) is 4.68. The number of likely N-dealkylation sites (N-methyl/N-ethyl adjacent to an activating group) is 1. The minimum absolute atomic E-state index is 0.157. The molecule has 0 saturated heterocycles. The second-order valence-corrected chi connectivity index (χ2v) is 10.9. The summed E-state index contributed by atoms with van der Waals surface area (Å²) in [4.78, 5) is 14.9. The van der Waals surface area contributed by atoms with E-state index in [2.05, 4.69) is 56.1 Å². The number of aryl methyl sites for hydroxylation is 1. The highest BCUT2D eigenvalue weighted by atomic mass is 16.2. The molecule has 0 N–H and O–H groups in total. The molecule has 2 heteroatoms. The van der Waals surface area contributed by atoms with Crippen LogP contribution in [-0.2, 0) is 11.2 Å². The Morgan fingerprint density at radius 2 is 1.76 bits per heavy atom. The standard InChI is InChI=1S/C27H37NO/c1-26-16-7-10-22(26)21-13-14-24-27(2,23(21)15-17-26)20(18-25(29)28(24)3)12-11-19-8-5-4-6-9-19/h4-6,8-9,18,21-24H,7,10-17H2,1-3H3/t21-,22-,23+,24?,26-,27+/m0/s1. The van der Waals surface area contributed by atoms with Gasteiger partial charge >= 0.3 is 0 Å². The molecule has 156 valence electrons. The Bertz CT molecular complexity index is 813. The second kappa shape index (κ2) is 7.00. The van der Waals surface area contributed by atoms with Gasteiger partial charge in [-0.3, -0.25) is 4.79 Å². The average molecular weight is 392 g/mol. The number of hydrogen-bond donors (Lipinski definition) is 0. The minimum Gasteiger partial charge on any atom is -0.338 e. The molecule has 1 aliphatic heterocycles. The van der Waals surface area contributed by atoms with Crippen molar-refractivity contribution >= 4 is 5.91 Å². The topological polar surface area (TPSA) is 20.3 Å². The molecule has 5 rings (SSSR count). The molecule has 1 aromatic carbocycles. The van der Waals surface area contributed by atoms with E-state index in [1.807, 2.05) is 6.08 Å². The van der Waals surface area contributed by atoms with Crippen LogP contribution in [0.3, 0.4) is 0 Å². The van der Waals surface area contributed by atoms with Crippen molar-refractivity contribution in [3.05, 3.63) is 47.5 Å². The van der Waals surface area contributed by atoms with E-state index in [1.165, 1.54) is 56.1 Å². The number of carbonyl (C=O) groups is 1. The van der Waals surface area contributed by atoms with Crippen molar-refractivity contribution in [1.82, 2.24) is 4.90 Å². The Balaban J connectivity index is 1.48. The summed E-state index contributed by atoms with van der Waals surface area (Å²) in [6, 6.07) is 11.2. The zero-order valence-corrected chi connectivity index (χ0v) is 18.5. The molecule has 3 aliphatic carbocycles. The molecule has 4 aliphatic rings. The maximum absolute atomic E-state index is 12.9. The zero-order chi connectivity index (χ0) is 20.2. The third-order valence-corrected chi connectivity index (χ3v) is 9.78. The fourth-order valence-electron chi connectivity index (χ4n) is 8.20. The third-order valence-electron chi connectivity index (χ3n) is 9.78. The molecule has 0 bridgehead atoms. The van der Waals surface area contributed by atoms with Crippen LogP contribution in [0.15, 0.2) is 42.0 Å².